The van der Waals surface area contributed by atoms with E-state index in [0.717, 1.165) is 25.2 Å². The van der Waals surface area contributed by atoms with Crippen molar-refractivity contribution in [3.63, 3.8) is 0 Å². The van der Waals surface area contributed by atoms with E-state index < -0.39 is 23.7 Å². The average molecular weight is 269 g/mol. The molecule has 19 heavy (non-hydrogen) atoms. The molecule has 0 aliphatic heterocycles. The lowest BCUT2D eigenvalue weighted by Crippen LogP contribution is -2.57. The third-order valence-electron chi connectivity index (χ3n) is 4.23. The van der Waals surface area contributed by atoms with Crippen LogP contribution in [0, 0.1) is 11.3 Å². The second-order valence-corrected chi connectivity index (χ2v) is 7.13. The Bertz CT molecular complexity index is 382. The van der Waals surface area contributed by atoms with Crippen LogP contribution in [0.3, 0.4) is 0 Å². The first-order valence-corrected chi connectivity index (χ1v) is 6.81. The van der Waals surface area contributed by atoms with Gasteiger partial charge in [0.05, 0.1) is 0 Å². The molecule has 0 aromatic heterocycles. The van der Waals surface area contributed by atoms with Crippen LogP contribution in [-0.2, 0) is 9.53 Å². The van der Waals surface area contributed by atoms with Crippen molar-refractivity contribution in [2.45, 2.75) is 58.1 Å². The lowest BCUT2D eigenvalue weighted by Gasteiger charge is -2.63. The number of carbonyl (C=O) groups excluding carboxylic acids is 1. The summed E-state index contributed by atoms with van der Waals surface area (Å²) >= 11 is 0. The number of aliphatic carboxylic acids is 1. The van der Waals surface area contributed by atoms with Gasteiger partial charge >= 0.3 is 12.1 Å². The number of rotatable bonds is 4. The van der Waals surface area contributed by atoms with Crippen molar-refractivity contribution in [1.82, 2.24) is 4.90 Å². The third-order valence-corrected chi connectivity index (χ3v) is 4.23. The van der Waals surface area contributed by atoms with Gasteiger partial charge < -0.3 is 9.84 Å². The fourth-order valence-electron chi connectivity index (χ4n) is 3.17. The first kappa shape index (κ1) is 14.2. The van der Waals surface area contributed by atoms with Gasteiger partial charge in [-0.2, -0.15) is 0 Å². The van der Waals surface area contributed by atoms with E-state index >= 15 is 0 Å². The van der Waals surface area contributed by atoms with Gasteiger partial charge in [-0.15, -0.1) is 0 Å². The number of nitrogens with zero attached hydrogens (tertiary/aromatic N) is 1. The minimum absolute atomic E-state index is 0.185. The second-order valence-electron chi connectivity index (χ2n) is 7.13. The molecule has 1 N–H and O–H groups in total. The Balaban J connectivity index is 1.97. The molecule has 0 heterocycles. The van der Waals surface area contributed by atoms with Crippen LogP contribution in [0.5, 0.6) is 0 Å². The predicted octanol–water partition coefficient (Wildman–Crippen LogP) is 2.50. The molecule has 1 unspecified atom stereocenters. The minimum Gasteiger partial charge on any atom is -0.480 e. The summed E-state index contributed by atoms with van der Waals surface area (Å²) in [5.74, 6) is -0.139. The summed E-state index contributed by atoms with van der Waals surface area (Å²) in [6.45, 7) is 5.32. The van der Waals surface area contributed by atoms with E-state index in [9.17, 15) is 14.7 Å². The number of hydrogen-bond donors (Lipinski definition) is 1. The summed E-state index contributed by atoms with van der Waals surface area (Å²) in [4.78, 5) is 24.6. The molecule has 1 amide bonds. The monoisotopic (exact) mass is 269 g/mol. The number of amides is 1. The van der Waals surface area contributed by atoms with Crippen LogP contribution in [0.2, 0.25) is 0 Å². The Kier molecular flexibility index (Phi) is 3.27. The van der Waals surface area contributed by atoms with Gasteiger partial charge in [0, 0.05) is 7.05 Å². The van der Waals surface area contributed by atoms with Crippen molar-refractivity contribution in [3.8, 4) is 0 Å². The van der Waals surface area contributed by atoms with E-state index in [-0.39, 0.29) is 5.41 Å². The Morgan fingerprint density at radius 2 is 1.89 bits per heavy atom. The van der Waals surface area contributed by atoms with Crippen LogP contribution in [0.25, 0.3) is 0 Å². The number of likely N-dealkylation sites (N-methyl/N-ethyl adjacent to an activating group) is 1. The number of ether oxygens (including phenoxy) is 1. The maximum Gasteiger partial charge on any atom is 0.410 e. The summed E-state index contributed by atoms with van der Waals surface area (Å²) in [7, 11) is 1.51. The number of carboxylic acids is 1. The molecule has 1 atom stereocenters. The lowest BCUT2D eigenvalue weighted by atomic mass is 9.43. The first-order valence-electron chi connectivity index (χ1n) is 6.81. The Hall–Kier alpha value is -1.26. The lowest BCUT2D eigenvalue weighted by molar-refractivity contribution is -0.155. The van der Waals surface area contributed by atoms with Gasteiger partial charge in [0.1, 0.15) is 11.6 Å². The van der Waals surface area contributed by atoms with E-state index in [4.69, 9.17) is 4.74 Å². The Morgan fingerprint density at radius 1 is 1.37 bits per heavy atom. The molecule has 0 aromatic carbocycles. The number of carbonyl (C=O) groups is 2. The fourth-order valence-corrected chi connectivity index (χ4v) is 3.17. The first-order chi connectivity index (χ1) is 8.62. The zero-order valence-corrected chi connectivity index (χ0v) is 12.1. The highest BCUT2D eigenvalue weighted by Crippen LogP contribution is 2.66. The molecule has 3 rings (SSSR count). The van der Waals surface area contributed by atoms with Gasteiger partial charge in [0.15, 0.2) is 0 Å². The van der Waals surface area contributed by atoms with E-state index in [0.29, 0.717) is 6.42 Å². The Labute approximate surface area is 113 Å². The van der Waals surface area contributed by atoms with Crippen molar-refractivity contribution in [2.24, 2.45) is 11.3 Å². The molecule has 3 aliphatic carbocycles. The maximum atomic E-state index is 11.9. The minimum atomic E-state index is -0.946. The molecule has 5 nitrogen and oxygen atoms in total. The van der Waals surface area contributed by atoms with Crippen molar-refractivity contribution in [2.75, 3.05) is 7.05 Å². The number of hydrogen-bond acceptors (Lipinski definition) is 3. The standard InChI is InChI=1S/C14H23NO4/c1-13(2,3)19-12(18)15(4)10(11(16)17)8-14-5-9(6-14)7-14/h9-10H,5-8H2,1-4H3,(H,16,17). The summed E-state index contributed by atoms with van der Waals surface area (Å²) in [6, 6.07) is -0.781. The third kappa shape index (κ3) is 2.85. The van der Waals surface area contributed by atoms with E-state index in [1.54, 1.807) is 20.8 Å². The summed E-state index contributed by atoms with van der Waals surface area (Å²) in [5, 5.41) is 9.34. The largest absolute Gasteiger partial charge is 0.480 e. The van der Waals surface area contributed by atoms with Crippen LogP contribution in [0.15, 0.2) is 0 Å². The molecule has 0 radical (unpaired) electrons. The SMILES string of the molecule is CN(C(=O)OC(C)(C)C)C(CC12CC(C1)C2)C(=O)O. The molecule has 5 heteroatoms. The zero-order valence-electron chi connectivity index (χ0n) is 12.1. The molecule has 0 saturated heterocycles. The Morgan fingerprint density at radius 3 is 2.21 bits per heavy atom. The van der Waals surface area contributed by atoms with Crippen LogP contribution in [0.4, 0.5) is 4.79 Å². The summed E-state index contributed by atoms with van der Waals surface area (Å²) < 4.78 is 5.23. The van der Waals surface area contributed by atoms with Gasteiger partial charge in [-0.1, -0.05) is 0 Å². The second kappa shape index (κ2) is 4.39. The van der Waals surface area contributed by atoms with Crippen LogP contribution in [0.1, 0.15) is 46.5 Å². The van der Waals surface area contributed by atoms with Gasteiger partial charge in [0.2, 0.25) is 0 Å². The van der Waals surface area contributed by atoms with Crippen LogP contribution < -0.4 is 0 Å². The van der Waals surface area contributed by atoms with Crippen LogP contribution >= 0.6 is 0 Å². The highest BCUT2D eigenvalue weighted by molar-refractivity contribution is 5.80. The number of carboxylic acid groups (broad SMARTS) is 1. The highest BCUT2D eigenvalue weighted by Gasteiger charge is 2.58. The molecular formula is C14H23NO4. The van der Waals surface area contributed by atoms with Crippen molar-refractivity contribution >= 4 is 12.1 Å². The van der Waals surface area contributed by atoms with Crippen molar-refractivity contribution in [1.29, 1.82) is 0 Å². The van der Waals surface area contributed by atoms with E-state index in [2.05, 4.69) is 0 Å². The quantitative estimate of drug-likeness (QED) is 0.851. The molecule has 2 bridgehead atoms. The predicted molar refractivity (Wildman–Crippen MR) is 69.8 cm³/mol. The zero-order chi connectivity index (χ0) is 14.4. The van der Waals surface area contributed by atoms with Gasteiger partial charge in [-0.05, 0) is 57.8 Å². The van der Waals surface area contributed by atoms with E-state index in [1.165, 1.54) is 11.9 Å². The van der Waals surface area contributed by atoms with Crippen LogP contribution in [-0.4, -0.2) is 40.8 Å². The van der Waals surface area contributed by atoms with E-state index in [1.807, 2.05) is 0 Å². The molecule has 0 spiro atoms. The van der Waals surface area contributed by atoms with Crippen molar-refractivity contribution in [3.05, 3.63) is 0 Å². The molecule has 3 fully saturated rings. The molecule has 0 aromatic rings. The molecule has 3 aliphatic rings. The van der Waals surface area contributed by atoms with Crippen molar-refractivity contribution < 1.29 is 19.4 Å². The summed E-state index contributed by atoms with van der Waals surface area (Å²) in [6.07, 6.45) is 3.36. The average Bonchev–Trinajstić information content (AvgIpc) is 2.09. The fraction of sp³-hybridized carbons (Fsp3) is 0.857. The maximum absolute atomic E-state index is 11.9. The molecule has 108 valence electrons. The van der Waals surface area contributed by atoms with Gasteiger partial charge in [0.25, 0.3) is 0 Å². The molecule has 3 saturated carbocycles. The smallest absolute Gasteiger partial charge is 0.410 e. The van der Waals surface area contributed by atoms with Gasteiger partial charge in [-0.25, -0.2) is 9.59 Å². The highest BCUT2D eigenvalue weighted by atomic mass is 16.6. The summed E-state index contributed by atoms with van der Waals surface area (Å²) in [5.41, 5.74) is -0.422. The topological polar surface area (TPSA) is 66.8 Å². The van der Waals surface area contributed by atoms with Gasteiger partial charge in [-0.3, -0.25) is 4.90 Å². The molecular weight excluding hydrogens is 246 g/mol. The normalized spacial score (nSPS) is 29.8.